The number of carbonyl (C=O) groups excluding carboxylic acids is 1. The third-order valence-corrected chi connectivity index (χ3v) is 2.61. The molecule has 0 radical (unpaired) electrons. The molecule has 0 saturated carbocycles. The maximum atomic E-state index is 13.4. The Morgan fingerprint density at radius 1 is 1.37 bits per heavy atom. The van der Waals surface area contributed by atoms with Crippen LogP contribution in [0, 0.1) is 11.6 Å². The highest BCUT2D eigenvalue weighted by atomic mass is 19.1. The maximum Gasteiger partial charge on any atom is 0.221 e. The van der Waals surface area contributed by atoms with E-state index in [1.54, 1.807) is 0 Å². The normalized spacial score (nSPS) is 12.5. The van der Waals surface area contributed by atoms with E-state index in [0.29, 0.717) is 6.54 Å². The predicted octanol–water partition coefficient (Wildman–Crippen LogP) is 1.07. The van der Waals surface area contributed by atoms with E-state index < -0.39 is 23.3 Å². The number of hydrogen-bond donors (Lipinski definition) is 2. The van der Waals surface area contributed by atoms with Crippen LogP contribution in [0.4, 0.5) is 8.78 Å². The van der Waals surface area contributed by atoms with Crippen LogP contribution in [0.1, 0.15) is 18.1 Å². The van der Waals surface area contributed by atoms with Gasteiger partial charge in [-0.25, -0.2) is 8.78 Å². The van der Waals surface area contributed by atoms with Crippen LogP contribution >= 0.6 is 0 Å². The lowest BCUT2D eigenvalue weighted by Crippen LogP contribution is -2.31. The lowest BCUT2D eigenvalue weighted by atomic mass is 10.1. The first-order valence-corrected chi connectivity index (χ1v) is 5.95. The topological polar surface area (TPSA) is 52.6 Å². The van der Waals surface area contributed by atoms with Gasteiger partial charge in [0.15, 0.2) is 0 Å². The van der Waals surface area contributed by atoms with Gasteiger partial charge in [0.2, 0.25) is 5.91 Å². The van der Waals surface area contributed by atoms with E-state index in [2.05, 4.69) is 5.32 Å². The third-order valence-electron chi connectivity index (χ3n) is 2.61. The summed E-state index contributed by atoms with van der Waals surface area (Å²) in [7, 11) is 3.66. The standard InChI is InChI=1S/C13H18F2N2O2/c1-17(2)7-6-12(19)16-8-11(18)13-9(14)4-3-5-10(13)15/h3-5,11,18H,6-8H2,1-2H3,(H,16,19). The minimum Gasteiger partial charge on any atom is -0.386 e. The number of nitrogens with one attached hydrogen (secondary N) is 1. The summed E-state index contributed by atoms with van der Waals surface area (Å²) in [6.45, 7) is 0.347. The highest BCUT2D eigenvalue weighted by Crippen LogP contribution is 2.19. The van der Waals surface area contributed by atoms with Crippen molar-refractivity contribution in [2.45, 2.75) is 12.5 Å². The van der Waals surface area contributed by atoms with Crippen LogP contribution in [-0.4, -0.2) is 43.1 Å². The molecule has 0 aliphatic heterocycles. The molecule has 0 fully saturated rings. The van der Waals surface area contributed by atoms with Crippen molar-refractivity contribution in [3.63, 3.8) is 0 Å². The van der Waals surface area contributed by atoms with Gasteiger partial charge < -0.3 is 15.3 Å². The number of rotatable bonds is 6. The molecule has 1 atom stereocenters. The van der Waals surface area contributed by atoms with E-state index in [-0.39, 0.29) is 18.9 Å². The van der Waals surface area contributed by atoms with Gasteiger partial charge >= 0.3 is 0 Å². The average molecular weight is 272 g/mol. The fourth-order valence-electron chi connectivity index (χ4n) is 1.56. The van der Waals surface area contributed by atoms with Gasteiger partial charge in [-0.3, -0.25) is 4.79 Å². The van der Waals surface area contributed by atoms with Crippen molar-refractivity contribution in [1.82, 2.24) is 10.2 Å². The van der Waals surface area contributed by atoms with E-state index >= 15 is 0 Å². The molecule has 106 valence electrons. The molecule has 0 aliphatic rings. The Hall–Kier alpha value is -1.53. The highest BCUT2D eigenvalue weighted by molar-refractivity contribution is 5.76. The number of hydrogen-bond acceptors (Lipinski definition) is 3. The zero-order valence-electron chi connectivity index (χ0n) is 11.0. The molecule has 1 unspecified atom stereocenters. The Balaban J connectivity index is 2.51. The van der Waals surface area contributed by atoms with Gasteiger partial charge in [0.1, 0.15) is 17.7 Å². The lowest BCUT2D eigenvalue weighted by Gasteiger charge is -2.14. The molecular formula is C13H18F2N2O2. The molecule has 1 aromatic carbocycles. The van der Waals surface area contributed by atoms with Gasteiger partial charge in [-0.15, -0.1) is 0 Å². The van der Waals surface area contributed by atoms with E-state index in [4.69, 9.17) is 0 Å². The SMILES string of the molecule is CN(C)CCC(=O)NCC(O)c1c(F)cccc1F. The first-order chi connectivity index (χ1) is 8.91. The fraction of sp³-hybridized carbons (Fsp3) is 0.462. The number of carbonyl (C=O) groups is 1. The number of benzene rings is 1. The van der Waals surface area contributed by atoms with Crippen LogP contribution in [0.2, 0.25) is 0 Å². The first kappa shape index (κ1) is 15.5. The number of nitrogens with zero attached hydrogens (tertiary/aromatic N) is 1. The first-order valence-electron chi connectivity index (χ1n) is 5.95. The molecule has 2 N–H and O–H groups in total. The second-order valence-electron chi connectivity index (χ2n) is 4.51. The second kappa shape index (κ2) is 7.16. The van der Waals surface area contributed by atoms with Crippen LogP contribution in [0.15, 0.2) is 18.2 Å². The second-order valence-corrected chi connectivity index (χ2v) is 4.51. The van der Waals surface area contributed by atoms with Gasteiger partial charge in [0, 0.05) is 19.5 Å². The van der Waals surface area contributed by atoms with E-state index in [1.165, 1.54) is 6.07 Å². The van der Waals surface area contributed by atoms with Crippen molar-refractivity contribution < 1.29 is 18.7 Å². The van der Waals surface area contributed by atoms with Crippen molar-refractivity contribution in [2.24, 2.45) is 0 Å². The van der Waals surface area contributed by atoms with Crippen LogP contribution in [0.5, 0.6) is 0 Å². The van der Waals surface area contributed by atoms with Gasteiger partial charge in [0.05, 0.1) is 5.56 Å². The van der Waals surface area contributed by atoms with E-state index in [9.17, 15) is 18.7 Å². The molecule has 0 heterocycles. The summed E-state index contributed by atoms with van der Waals surface area (Å²) in [5.74, 6) is -1.92. The van der Waals surface area contributed by atoms with Crippen molar-refractivity contribution in [2.75, 3.05) is 27.2 Å². The average Bonchev–Trinajstić information content (AvgIpc) is 2.33. The van der Waals surface area contributed by atoms with Crippen molar-refractivity contribution in [1.29, 1.82) is 0 Å². The molecule has 19 heavy (non-hydrogen) atoms. The summed E-state index contributed by atoms with van der Waals surface area (Å²) < 4.78 is 26.7. The van der Waals surface area contributed by atoms with E-state index in [0.717, 1.165) is 12.1 Å². The molecular weight excluding hydrogens is 254 g/mol. The molecule has 0 bridgehead atoms. The number of aliphatic hydroxyl groups excluding tert-OH is 1. The molecule has 0 saturated heterocycles. The summed E-state index contributed by atoms with van der Waals surface area (Å²) in [6, 6.07) is 3.35. The quantitative estimate of drug-likeness (QED) is 0.814. The minimum atomic E-state index is -1.40. The van der Waals surface area contributed by atoms with Crippen LogP contribution in [0.3, 0.4) is 0 Å². The lowest BCUT2D eigenvalue weighted by molar-refractivity contribution is -0.121. The Morgan fingerprint density at radius 2 is 1.95 bits per heavy atom. The monoisotopic (exact) mass is 272 g/mol. The molecule has 1 aromatic rings. The molecule has 0 aliphatic carbocycles. The fourth-order valence-corrected chi connectivity index (χ4v) is 1.56. The van der Waals surface area contributed by atoms with Crippen molar-refractivity contribution >= 4 is 5.91 Å². The van der Waals surface area contributed by atoms with Crippen LogP contribution in [-0.2, 0) is 4.79 Å². The summed E-state index contributed by atoms with van der Waals surface area (Å²) >= 11 is 0. The summed E-state index contributed by atoms with van der Waals surface area (Å²) in [5.41, 5.74) is -0.421. The zero-order valence-corrected chi connectivity index (χ0v) is 11.0. The molecule has 0 aromatic heterocycles. The summed E-state index contributed by atoms with van der Waals surface area (Å²) in [6.07, 6.45) is -1.14. The van der Waals surface area contributed by atoms with Crippen molar-refractivity contribution in [3.05, 3.63) is 35.4 Å². The molecule has 0 spiro atoms. The predicted molar refractivity (Wildman–Crippen MR) is 67.5 cm³/mol. The largest absolute Gasteiger partial charge is 0.386 e. The number of halogens is 2. The Kier molecular flexibility index (Phi) is 5.85. The third kappa shape index (κ3) is 4.92. The Labute approximate surface area is 111 Å². The highest BCUT2D eigenvalue weighted by Gasteiger charge is 2.18. The number of amides is 1. The molecule has 6 heteroatoms. The maximum absolute atomic E-state index is 13.4. The van der Waals surface area contributed by atoms with Crippen LogP contribution < -0.4 is 5.32 Å². The smallest absolute Gasteiger partial charge is 0.221 e. The molecule has 4 nitrogen and oxygen atoms in total. The van der Waals surface area contributed by atoms with Gasteiger partial charge in [-0.2, -0.15) is 0 Å². The number of aliphatic hydroxyl groups is 1. The zero-order chi connectivity index (χ0) is 14.4. The molecule has 1 rings (SSSR count). The summed E-state index contributed by atoms with van der Waals surface area (Å²) in [5, 5.41) is 12.1. The summed E-state index contributed by atoms with van der Waals surface area (Å²) in [4.78, 5) is 13.3. The minimum absolute atomic E-state index is 0.218. The van der Waals surface area contributed by atoms with Gasteiger partial charge in [0.25, 0.3) is 0 Å². The van der Waals surface area contributed by atoms with Gasteiger partial charge in [-0.1, -0.05) is 6.07 Å². The van der Waals surface area contributed by atoms with Crippen LogP contribution in [0.25, 0.3) is 0 Å². The Morgan fingerprint density at radius 3 is 2.47 bits per heavy atom. The van der Waals surface area contributed by atoms with Gasteiger partial charge in [-0.05, 0) is 26.2 Å². The Bertz CT molecular complexity index is 418. The van der Waals surface area contributed by atoms with E-state index in [1.807, 2.05) is 19.0 Å². The van der Waals surface area contributed by atoms with Crippen molar-refractivity contribution in [3.8, 4) is 0 Å². The molecule has 1 amide bonds.